The van der Waals surface area contributed by atoms with Gasteiger partial charge in [0.1, 0.15) is 0 Å². The van der Waals surface area contributed by atoms with E-state index in [4.69, 9.17) is 4.55 Å². The van der Waals surface area contributed by atoms with Gasteiger partial charge in [0.15, 0.2) is 11.1 Å². The van der Waals surface area contributed by atoms with E-state index in [1.54, 1.807) is 12.1 Å². The molecule has 0 fully saturated rings. The topological polar surface area (TPSA) is 37.3 Å². The van der Waals surface area contributed by atoms with E-state index in [1.807, 2.05) is 30.3 Å². The Morgan fingerprint density at radius 2 is 1.64 bits per heavy atom. The van der Waals surface area contributed by atoms with Gasteiger partial charge in [-0.05, 0) is 22.9 Å². The molecule has 0 aliphatic carbocycles. The van der Waals surface area contributed by atoms with E-state index in [-0.39, 0.29) is 51.4 Å². The maximum Gasteiger partial charge on any atom is 1.00 e. The van der Waals surface area contributed by atoms with Crippen molar-refractivity contribution < 1.29 is 60.1 Å². The van der Waals surface area contributed by atoms with E-state index in [0.29, 0.717) is 4.90 Å². The summed E-state index contributed by atoms with van der Waals surface area (Å²) in [7, 11) is 0. The fraction of sp³-hybridized carbons (Fsp3) is 0. The zero-order valence-electron chi connectivity index (χ0n) is 7.81. The minimum atomic E-state index is -1.88. The third kappa shape index (κ3) is 2.73. The number of rotatable bonds is 1. The van der Waals surface area contributed by atoms with E-state index >= 15 is 0 Å². The molecular formula is C10H8KO2S+. The average Bonchev–Trinajstić information content (AvgIpc) is 2.17. The first-order chi connectivity index (χ1) is 6.27. The van der Waals surface area contributed by atoms with Gasteiger partial charge < -0.3 is 4.55 Å². The molecule has 0 radical (unpaired) electrons. The van der Waals surface area contributed by atoms with Crippen LogP contribution in [0.3, 0.4) is 0 Å². The summed E-state index contributed by atoms with van der Waals surface area (Å²) in [6.45, 7) is 0. The molecule has 0 heterocycles. The van der Waals surface area contributed by atoms with Crippen molar-refractivity contribution in [2.24, 2.45) is 0 Å². The van der Waals surface area contributed by atoms with Crippen molar-refractivity contribution in [3.63, 3.8) is 0 Å². The molecule has 0 aromatic heterocycles. The summed E-state index contributed by atoms with van der Waals surface area (Å²) in [5, 5.41) is 2.07. The summed E-state index contributed by atoms with van der Waals surface area (Å²) < 4.78 is 19.6. The van der Waals surface area contributed by atoms with Gasteiger partial charge in [0.2, 0.25) is 0 Å². The first kappa shape index (κ1) is 12.5. The summed E-state index contributed by atoms with van der Waals surface area (Å²) in [5.41, 5.74) is 0. The van der Waals surface area contributed by atoms with Gasteiger partial charge in [-0.2, -0.15) is 0 Å². The number of fused-ring (bicyclic) bond motifs is 1. The summed E-state index contributed by atoms with van der Waals surface area (Å²) >= 11 is -1.88. The van der Waals surface area contributed by atoms with Crippen molar-refractivity contribution in [1.29, 1.82) is 0 Å². The second kappa shape index (κ2) is 5.51. The molecule has 1 atom stereocenters. The number of hydrogen-bond donors (Lipinski definition) is 1. The van der Waals surface area contributed by atoms with Gasteiger partial charge in [0.25, 0.3) is 0 Å². The van der Waals surface area contributed by atoms with Crippen molar-refractivity contribution in [1.82, 2.24) is 0 Å². The third-order valence-corrected chi connectivity index (χ3v) is 2.58. The van der Waals surface area contributed by atoms with Crippen molar-refractivity contribution in [2.75, 3.05) is 0 Å². The van der Waals surface area contributed by atoms with Crippen LogP contribution in [0.1, 0.15) is 0 Å². The van der Waals surface area contributed by atoms with Gasteiger partial charge >= 0.3 is 51.4 Å². The zero-order valence-corrected chi connectivity index (χ0v) is 11.7. The van der Waals surface area contributed by atoms with Gasteiger partial charge in [-0.1, -0.05) is 30.3 Å². The summed E-state index contributed by atoms with van der Waals surface area (Å²) in [6, 6.07) is 13.0. The van der Waals surface area contributed by atoms with E-state index in [1.165, 1.54) is 0 Å². The first-order valence-corrected chi connectivity index (χ1v) is 4.98. The van der Waals surface area contributed by atoms with Gasteiger partial charge in [-0.25, -0.2) is 4.21 Å². The fourth-order valence-corrected chi connectivity index (χ4v) is 1.69. The SMILES string of the molecule is O=S(O)c1ccc2ccccc2c1.[K+]. The predicted octanol–water partition coefficient (Wildman–Crippen LogP) is -0.576. The quantitative estimate of drug-likeness (QED) is 0.527. The molecule has 4 heteroatoms. The summed E-state index contributed by atoms with van der Waals surface area (Å²) in [6.07, 6.45) is 0. The predicted molar refractivity (Wildman–Crippen MR) is 53.0 cm³/mol. The van der Waals surface area contributed by atoms with E-state index in [0.717, 1.165) is 10.8 Å². The molecule has 0 saturated carbocycles. The Morgan fingerprint density at radius 1 is 1.00 bits per heavy atom. The monoisotopic (exact) mass is 231 g/mol. The molecule has 2 rings (SSSR count). The molecule has 1 N–H and O–H groups in total. The smallest absolute Gasteiger partial charge is 0.302 e. The molecule has 1 unspecified atom stereocenters. The van der Waals surface area contributed by atoms with Crippen LogP contribution in [0.2, 0.25) is 0 Å². The molecule has 14 heavy (non-hydrogen) atoms. The minimum absolute atomic E-state index is 0. The maximum absolute atomic E-state index is 10.8. The van der Waals surface area contributed by atoms with Crippen LogP contribution in [-0.4, -0.2) is 8.76 Å². The molecule has 0 amide bonds. The van der Waals surface area contributed by atoms with Crippen LogP contribution >= 0.6 is 0 Å². The molecule has 2 nitrogen and oxygen atoms in total. The molecule has 0 aliphatic rings. The molecule has 2 aromatic rings. The largest absolute Gasteiger partial charge is 1.00 e. The van der Waals surface area contributed by atoms with Crippen molar-refractivity contribution in [3.05, 3.63) is 42.5 Å². The Labute approximate surface area is 127 Å². The van der Waals surface area contributed by atoms with Crippen LogP contribution in [0.15, 0.2) is 47.4 Å². The van der Waals surface area contributed by atoms with E-state index in [2.05, 4.69) is 0 Å². The van der Waals surface area contributed by atoms with Crippen molar-refractivity contribution in [3.8, 4) is 0 Å². The average molecular weight is 231 g/mol. The van der Waals surface area contributed by atoms with Crippen LogP contribution in [0, 0.1) is 0 Å². The Hall–Kier alpha value is 0.446. The van der Waals surface area contributed by atoms with Gasteiger partial charge in [-0.3, -0.25) is 0 Å². The zero-order chi connectivity index (χ0) is 9.26. The van der Waals surface area contributed by atoms with Crippen LogP contribution in [-0.2, 0) is 11.1 Å². The molecule has 66 valence electrons. The van der Waals surface area contributed by atoms with Crippen molar-refractivity contribution >= 4 is 21.9 Å². The van der Waals surface area contributed by atoms with Gasteiger partial charge in [0, 0.05) is 0 Å². The molecule has 0 saturated heterocycles. The van der Waals surface area contributed by atoms with Crippen LogP contribution in [0.5, 0.6) is 0 Å². The maximum atomic E-state index is 10.8. The van der Waals surface area contributed by atoms with Gasteiger partial charge in [-0.15, -0.1) is 0 Å². The molecular weight excluding hydrogens is 223 g/mol. The normalized spacial score (nSPS) is 12.1. The Kier molecular flexibility index (Phi) is 4.92. The Balaban J connectivity index is 0.000000980. The third-order valence-electron chi connectivity index (χ3n) is 1.92. The van der Waals surface area contributed by atoms with Gasteiger partial charge in [0.05, 0.1) is 4.90 Å². The second-order valence-corrected chi connectivity index (χ2v) is 3.73. The van der Waals surface area contributed by atoms with Crippen LogP contribution in [0.4, 0.5) is 0 Å². The van der Waals surface area contributed by atoms with Crippen molar-refractivity contribution in [2.45, 2.75) is 4.90 Å². The standard InChI is InChI=1S/C10H8O2S.K/c11-13(12)10-6-5-8-3-1-2-4-9(8)7-10;/h1-7H,(H,11,12);/q;+1. The number of hydrogen-bond acceptors (Lipinski definition) is 1. The minimum Gasteiger partial charge on any atom is -0.302 e. The second-order valence-electron chi connectivity index (χ2n) is 2.76. The van der Waals surface area contributed by atoms with Crippen LogP contribution < -0.4 is 51.4 Å². The van der Waals surface area contributed by atoms with Crippen LogP contribution in [0.25, 0.3) is 10.8 Å². The molecule has 2 aromatic carbocycles. The van der Waals surface area contributed by atoms with E-state index < -0.39 is 11.1 Å². The molecule has 0 bridgehead atoms. The molecule has 0 aliphatic heterocycles. The summed E-state index contributed by atoms with van der Waals surface area (Å²) in [4.78, 5) is 0.443. The Morgan fingerprint density at radius 3 is 2.29 bits per heavy atom. The fourth-order valence-electron chi connectivity index (χ4n) is 1.28. The summed E-state index contributed by atoms with van der Waals surface area (Å²) in [5.74, 6) is 0. The Bertz CT molecular complexity index is 470. The van der Waals surface area contributed by atoms with E-state index in [9.17, 15) is 4.21 Å². The molecule has 0 spiro atoms. The number of benzene rings is 2. The first-order valence-electron chi connectivity index (χ1n) is 3.87.